The number of aromatic nitrogens is 2. The van der Waals surface area contributed by atoms with Crippen LogP contribution in [-0.2, 0) is 0 Å². The lowest BCUT2D eigenvalue weighted by Gasteiger charge is -2.12. The van der Waals surface area contributed by atoms with Gasteiger partial charge in [-0.15, -0.1) is 0 Å². The molecule has 0 bridgehead atoms. The van der Waals surface area contributed by atoms with Crippen LogP contribution < -0.4 is 5.56 Å². The number of rotatable bonds is 3. The molecule has 4 rings (SSSR count). The summed E-state index contributed by atoms with van der Waals surface area (Å²) >= 11 is 0. The molecule has 0 aliphatic heterocycles. The van der Waals surface area contributed by atoms with E-state index in [9.17, 15) is 9.90 Å². The maximum atomic E-state index is 13.1. The monoisotopic (exact) mass is 354 g/mol. The summed E-state index contributed by atoms with van der Waals surface area (Å²) in [6.07, 6.45) is 3.72. The molecule has 0 spiro atoms. The predicted octanol–water partition coefficient (Wildman–Crippen LogP) is 4.57. The first-order valence-corrected chi connectivity index (χ1v) is 8.68. The van der Waals surface area contributed by atoms with Crippen molar-refractivity contribution >= 4 is 23.1 Å². The van der Waals surface area contributed by atoms with Crippen molar-refractivity contribution in [3.63, 3.8) is 0 Å². The molecule has 0 atom stereocenters. The molecule has 4 heteroatoms. The van der Waals surface area contributed by atoms with E-state index in [-0.39, 0.29) is 11.3 Å². The molecule has 0 unspecified atom stereocenters. The number of benzene rings is 3. The van der Waals surface area contributed by atoms with Gasteiger partial charge in [0.05, 0.1) is 16.6 Å². The molecule has 0 amide bonds. The van der Waals surface area contributed by atoms with Gasteiger partial charge in [-0.25, -0.2) is 4.98 Å². The Bertz CT molecular complexity index is 1220. The third-order valence-electron chi connectivity index (χ3n) is 4.39. The molecule has 0 radical (unpaired) electrons. The van der Waals surface area contributed by atoms with Gasteiger partial charge in [-0.3, -0.25) is 9.36 Å². The summed E-state index contributed by atoms with van der Waals surface area (Å²) in [4.78, 5) is 17.8. The molecule has 1 aromatic heterocycles. The number of phenols is 1. The zero-order chi connectivity index (χ0) is 18.8. The summed E-state index contributed by atoms with van der Waals surface area (Å²) in [6.45, 7) is 2.03. The second kappa shape index (κ2) is 6.92. The SMILES string of the molecule is Cc1cccc(C=Cc2nc3ccccc3c(=O)n2-c2ccccc2O)c1. The lowest BCUT2D eigenvalue weighted by molar-refractivity contribution is 0.471. The van der Waals surface area contributed by atoms with Gasteiger partial charge < -0.3 is 5.11 Å². The largest absolute Gasteiger partial charge is 0.506 e. The van der Waals surface area contributed by atoms with Crippen molar-refractivity contribution < 1.29 is 5.11 Å². The average Bonchev–Trinajstić information content (AvgIpc) is 2.68. The van der Waals surface area contributed by atoms with Crippen molar-refractivity contribution in [2.24, 2.45) is 0 Å². The molecule has 0 fully saturated rings. The smallest absolute Gasteiger partial charge is 0.266 e. The van der Waals surface area contributed by atoms with Crippen LogP contribution in [0, 0.1) is 6.92 Å². The van der Waals surface area contributed by atoms with Crippen LogP contribution in [0.2, 0.25) is 0 Å². The van der Waals surface area contributed by atoms with Crippen molar-refractivity contribution in [2.75, 3.05) is 0 Å². The molecule has 1 heterocycles. The average molecular weight is 354 g/mol. The van der Waals surface area contributed by atoms with Crippen molar-refractivity contribution in [3.05, 3.63) is 100 Å². The zero-order valence-corrected chi connectivity index (χ0v) is 14.8. The van der Waals surface area contributed by atoms with Crippen LogP contribution in [0.5, 0.6) is 5.75 Å². The maximum absolute atomic E-state index is 13.1. The van der Waals surface area contributed by atoms with Gasteiger partial charge in [0.25, 0.3) is 5.56 Å². The van der Waals surface area contributed by atoms with E-state index in [4.69, 9.17) is 0 Å². The van der Waals surface area contributed by atoms with Gasteiger partial charge >= 0.3 is 0 Å². The van der Waals surface area contributed by atoms with Gasteiger partial charge in [0.2, 0.25) is 0 Å². The summed E-state index contributed by atoms with van der Waals surface area (Å²) in [5.41, 5.74) is 2.98. The van der Waals surface area contributed by atoms with Gasteiger partial charge in [0.1, 0.15) is 11.6 Å². The molecular formula is C23H18N2O2. The van der Waals surface area contributed by atoms with Crippen LogP contribution in [0.3, 0.4) is 0 Å². The van der Waals surface area contributed by atoms with E-state index in [1.807, 2.05) is 49.4 Å². The van der Waals surface area contributed by atoms with Crippen molar-refractivity contribution in [3.8, 4) is 11.4 Å². The van der Waals surface area contributed by atoms with Crippen LogP contribution >= 0.6 is 0 Å². The molecule has 1 N–H and O–H groups in total. The van der Waals surface area contributed by atoms with Gasteiger partial charge in [-0.2, -0.15) is 0 Å². The van der Waals surface area contributed by atoms with Crippen LogP contribution in [0.1, 0.15) is 17.0 Å². The van der Waals surface area contributed by atoms with Crippen molar-refractivity contribution in [1.82, 2.24) is 9.55 Å². The van der Waals surface area contributed by atoms with E-state index in [0.29, 0.717) is 22.4 Å². The molecule has 3 aromatic carbocycles. The zero-order valence-electron chi connectivity index (χ0n) is 14.8. The molecule has 4 nitrogen and oxygen atoms in total. The van der Waals surface area contributed by atoms with Gasteiger partial charge in [0, 0.05) is 0 Å². The van der Waals surface area contributed by atoms with Gasteiger partial charge in [-0.05, 0) is 42.8 Å². The van der Waals surface area contributed by atoms with Crippen LogP contribution in [0.25, 0.3) is 28.7 Å². The number of aryl methyl sites for hydroxylation is 1. The number of fused-ring (bicyclic) bond motifs is 1. The highest BCUT2D eigenvalue weighted by Gasteiger charge is 2.13. The topological polar surface area (TPSA) is 55.1 Å². The minimum absolute atomic E-state index is 0.0295. The summed E-state index contributed by atoms with van der Waals surface area (Å²) in [7, 11) is 0. The third-order valence-corrected chi connectivity index (χ3v) is 4.39. The van der Waals surface area contributed by atoms with E-state index >= 15 is 0 Å². The van der Waals surface area contributed by atoms with Crippen LogP contribution in [-0.4, -0.2) is 14.7 Å². The molecular weight excluding hydrogens is 336 g/mol. The summed E-state index contributed by atoms with van der Waals surface area (Å²) in [5.74, 6) is 0.489. The number of aromatic hydroxyl groups is 1. The van der Waals surface area contributed by atoms with Gasteiger partial charge in [-0.1, -0.05) is 60.2 Å². The molecule has 27 heavy (non-hydrogen) atoms. The second-order valence-corrected chi connectivity index (χ2v) is 6.36. The van der Waals surface area contributed by atoms with E-state index in [1.165, 1.54) is 4.57 Å². The van der Waals surface area contributed by atoms with E-state index in [0.717, 1.165) is 11.1 Å². The molecule has 0 saturated heterocycles. The normalized spacial score (nSPS) is 11.3. The lowest BCUT2D eigenvalue weighted by Crippen LogP contribution is -2.22. The Balaban J connectivity index is 1.97. The lowest BCUT2D eigenvalue weighted by atomic mass is 10.1. The number of phenolic OH excluding ortho intramolecular Hbond substituents is 1. The first kappa shape index (κ1) is 16.8. The highest BCUT2D eigenvalue weighted by molar-refractivity contribution is 5.80. The van der Waals surface area contributed by atoms with E-state index in [2.05, 4.69) is 11.1 Å². The Hall–Kier alpha value is -3.66. The first-order chi connectivity index (χ1) is 13.1. The van der Waals surface area contributed by atoms with Crippen LogP contribution in [0.15, 0.2) is 77.6 Å². The number of para-hydroxylation sites is 3. The van der Waals surface area contributed by atoms with Crippen LogP contribution in [0.4, 0.5) is 0 Å². The first-order valence-electron chi connectivity index (χ1n) is 8.68. The second-order valence-electron chi connectivity index (χ2n) is 6.36. The molecule has 0 aliphatic rings. The Kier molecular flexibility index (Phi) is 4.30. The summed E-state index contributed by atoms with van der Waals surface area (Å²) in [5, 5.41) is 10.8. The fourth-order valence-electron chi connectivity index (χ4n) is 3.09. The fourth-order valence-corrected chi connectivity index (χ4v) is 3.09. The predicted molar refractivity (Wildman–Crippen MR) is 109 cm³/mol. The Labute approximate surface area is 156 Å². The highest BCUT2D eigenvalue weighted by atomic mass is 16.3. The minimum atomic E-state index is -0.217. The maximum Gasteiger partial charge on any atom is 0.266 e. The summed E-state index contributed by atoms with van der Waals surface area (Å²) < 4.78 is 1.45. The summed E-state index contributed by atoms with van der Waals surface area (Å²) in [6, 6.07) is 22.1. The van der Waals surface area contributed by atoms with Gasteiger partial charge in [0.15, 0.2) is 0 Å². The molecule has 0 aliphatic carbocycles. The standard InChI is InChI=1S/C23H18N2O2/c1-16-7-6-8-17(15-16)13-14-22-24-19-10-3-2-9-18(19)23(27)25(22)20-11-4-5-12-21(20)26/h2-15,26H,1H3. The van der Waals surface area contributed by atoms with E-state index in [1.54, 1.807) is 36.4 Å². The minimum Gasteiger partial charge on any atom is -0.506 e. The van der Waals surface area contributed by atoms with Crippen molar-refractivity contribution in [2.45, 2.75) is 6.92 Å². The third kappa shape index (κ3) is 3.25. The number of nitrogens with zero attached hydrogens (tertiary/aromatic N) is 2. The Morgan fingerprint density at radius 1 is 0.926 bits per heavy atom. The number of hydrogen-bond donors (Lipinski definition) is 1. The Morgan fingerprint density at radius 3 is 2.52 bits per heavy atom. The molecule has 0 saturated carbocycles. The van der Waals surface area contributed by atoms with E-state index < -0.39 is 0 Å². The molecule has 4 aromatic rings. The number of hydrogen-bond acceptors (Lipinski definition) is 3. The highest BCUT2D eigenvalue weighted by Crippen LogP contribution is 2.22. The fraction of sp³-hybridized carbons (Fsp3) is 0.0435. The quantitative estimate of drug-likeness (QED) is 0.586. The Morgan fingerprint density at radius 2 is 1.70 bits per heavy atom. The molecule has 132 valence electrons. The van der Waals surface area contributed by atoms with Crippen molar-refractivity contribution in [1.29, 1.82) is 0 Å².